The number of amides is 3. The Morgan fingerprint density at radius 1 is 1.32 bits per heavy atom. The molecule has 0 heterocycles. The highest BCUT2D eigenvalue weighted by atomic mass is 16.5. The van der Waals surface area contributed by atoms with Crippen molar-refractivity contribution in [3.05, 3.63) is 0 Å². The van der Waals surface area contributed by atoms with Gasteiger partial charge in [0.25, 0.3) is 0 Å². The number of nitrogens with zero attached hydrogens (tertiary/aromatic N) is 1. The quantitative estimate of drug-likeness (QED) is 0.642. The van der Waals surface area contributed by atoms with Crippen LogP contribution in [0.1, 0.15) is 27.2 Å². The summed E-state index contributed by atoms with van der Waals surface area (Å²) in [6.45, 7) is 5.88. The highest BCUT2D eigenvalue weighted by molar-refractivity contribution is 5.86. The molecule has 0 aromatic carbocycles. The zero-order valence-electron chi connectivity index (χ0n) is 11.9. The fourth-order valence-corrected chi connectivity index (χ4v) is 1.51. The number of likely N-dealkylation sites (N-methyl/N-ethyl adjacent to an activating group) is 1. The van der Waals surface area contributed by atoms with Crippen molar-refractivity contribution in [1.82, 2.24) is 10.2 Å². The summed E-state index contributed by atoms with van der Waals surface area (Å²) in [6, 6.07) is -1.43. The van der Waals surface area contributed by atoms with Crippen molar-refractivity contribution in [1.29, 1.82) is 0 Å². The molecule has 1 unspecified atom stereocenters. The third-order valence-corrected chi connectivity index (χ3v) is 2.56. The van der Waals surface area contributed by atoms with Crippen LogP contribution in [0.5, 0.6) is 0 Å². The van der Waals surface area contributed by atoms with E-state index in [0.717, 1.165) is 0 Å². The van der Waals surface area contributed by atoms with E-state index in [1.165, 1.54) is 4.90 Å². The lowest BCUT2D eigenvalue weighted by Crippen LogP contribution is -2.52. The Hall–Kier alpha value is -1.79. The molecule has 0 saturated heterocycles. The molecule has 0 aromatic rings. The average molecular weight is 273 g/mol. The molecular formula is C12H23N3O4. The first kappa shape index (κ1) is 17.2. The van der Waals surface area contributed by atoms with Gasteiger partial charge in [-0.25, -0.2) is 4.79 Å². The summed E-state index contributed by atoms with van der Waals surface area (Å²) < 4.78 is 4.78. The molecule has 0 bridgehead atoms. The van der Waals surface area contributed by atoms with Crippen LogP contribution in [0.25, 0.3) is 0 Å². The van der Waals surface area contributed by atoms with Gasteiger partial charge in [0, 0.05) is 13.6 Å². The van der Waals surface area contributed by atoms with Crippen molar-refractivity contribution < 1.29 is 19.1 Å². The van der Waals surface area contributed by atoms with Gasteiger partial charge in [-0.05, 0) is 12.8 Å². The molecule has 0 saturated carbocycles. The number of hydrogen-bond donors (Lipinski definition) is 2. The first-order valence-corrected chi connectivity index (χ1v) is 6.26. The third kappa shape index (κ3) is 6.64. The maximum atomic E-state index is 12.1. The van der Waals surface area contributed by atoms with Crippen LogP contribution in [0.3, 0.4) is 0 Å². The van der Waals surface area contributed by atoms with Gasteiger partial charge in [0.2, 0.25) is 5.91 Å². The van der Waals surface area contributed by atoms with E-state index in [1.54, 1.807) is 27.8 Å². The Kier molecular flexibility index (Phi) is 7.55. The van der Waals surface area contributed by atoms with E-state index in [4.69, 9.17) is 10.5 Å². The molecule has 19 heavy (non-hydrogen) atoms. The van der Waals surface area contributed by atoms with Crippen molar-refractivity contribution in [2.45, 2.75) is 33.2 Å². The van der Waals surface area contributed by atoms with Crippen LogP contribution in [-0.2, 0) is 14.3 Å². The maximum absolute atomic E-state index is 12.1. The fourth-order valence-electron chi connectivity index (χ4n) is 1.51. The Morgan fingerprint density at radius 2 is 1.89 bits per heavy atom. The van der Waals surface area contributed by atoms with Crippen LogP contribution in [-0.4, -0.2) is 49.0 Å². The molecule has 7 heteroatoms. The zero-order valence-corrected chi connectivity index (χ0v) is 11.9. The highest BCUT2D eigenvalue weighted by Gasteiger charge is 2.26. The normalized spacial score (nSPS) is 11.8. The largest absolute Gasteiger partial charge is 0.466 e. The molecular weight excluding hydrogens is 250 g/mol. The number of urea groups is 1. The summed E-state index contributed by atoms with van der Waals surface area (Å²) in [5.74, 6) is -0.728. The van der Waals surface area contributed by atoms with Crippen molar-refractivity contribution in [3.63, 3.8) is 0 Å². The number of esters is 1. The molecule has 0 rings (SSSR count). The van der Waals surface area contributed by atoms with Crippen molar-refractivity contribution in [3.8, 4) is 0 Å². The second kappa shape index (κ2) is 8.34. The summed E-state index contributed by atoms with van der Waals surface area (Å²) >= 11 is 0. The molecule has 0 aliphatic rings. The van der Waals surface area contributed by atoms with Gasteiger partial charge in [0.05, 0.1) is 13.0 Å². The third-order valence-electron chi connectivity index (χ3n) is 2.56. The molecule has 110 valence electrons. The number of nitrogens with two attached hydrogens (primary N) is 1. The van der Waals surface area contributed by atoms with Crippen LogP contribution in [0.15, 0.2) is 0 Å². The Labute approximate surface area is 113 Å². The number of carbonyl (C=O) groups excluding carboxylic acids is 3. The summed E-state index contributed by atoms with van der Waals surface area (Å²) in [5.41, 5.74) is 5.04. The minimum Gasteiger partial charge on any atom is -0.466 e. The van der Waals surface area contributed by atoms with Crippen molar-refractivity contribution >= 4 is 17.9 Å². The lowest BCUT2D eigenvalue weighted by molar-refractivity contribution is -0.144. The Morgan fingerprint density at radius 3 is 2.32 bits per heavy atom. The topological polar surface area (TPSA) is 102 Å². The molecule has 0 spiro atoms. The lowest BCUT2D eigenvalue weighted by atomic mass is 10.0. The van der Waals surface area contributed by atoms with Gasteiger partial charge in [0.1, 0.15) is 6.04 Å². The molecule has 0 radical (unpaired) electrons. The van der Waals surface area contributed by atoms with E-state index >= 15 is 0 Å². The predicted molar refractivity (Wildman–Crippen MR) is 70.2 cm³/mol. The van der Waals surface area contributed by atoms with Gasteiger partial charge in [-0.15, -0.1) is 0 Å². The van der Waals surface area contributed by atoms with E-state index in [1.807, 2.05) is 0 Å². The minimum atomic E-state index is -0.745. The van der Waals surface area contributed by atoms with Crippen LogP contribution < -0.4 is 11.1 Å². The van der Waals surface area contributed by atoms with E-state index in [2.05, 4.69) is 5.32 Å². The van der Waals surface area contributed by atoms with Crippen LogP contribution >= 0.6 is 0 Å². The van der Waals surface area contributed by atoms with E-state index in [9.17, 15) is 14.4 Å². The molecule has 7 nitrogen and oxygen atoms in total. The minimum absolute atomic E-state index is 0.0926. The average Bonchev–Trinajstić information content (AvgIpc) is 2.32. The number of rotatable bonds is 7. The molecule has 0 fully saturated rings. The maximum Gasteiger partial charge on any atom is 0.312 e. The van der Waals surface area contributed by atoms with Crippen molar-refractivity contribution in [2.24, 2.45) is 11.7 Å². The molecule has 1 atom stereocenters. The zero-order chi connectivity index (χ0) is 15.0. The summed E-state index contributed by atoms with van der Waals surface area (Å²) in [7, 11) is 1.57. The highest BCUT2D eigenvalue weighted by Crippen LogP contribution is 2.06. The number of ether oxygens (including phenoxy) is 1. The predicted octanol–water partition coefficient (Wildman–Crippen LogP) is 0.0909. The van der Waals surface area contributed by atoms with Gasteiger partial charge in [-0.2, -0.15) is 0 Å². The first-order valence-electron chi connectivity index (χ1n) is 6.26. The smallest absolute Gasteiger partial charge is 0.312 e. The van der Waals surface area contributed by atoms with Gasteiger partial charge in [-0.3, -0.25) is 9.59 Å². The van der Waals surface area contributed by atoms with E-state index < -0.39 is 12.1 Å². The number of hydrogen-bond acceptors (Lipinski definition) is 4. The van der Waals surface area contributed by atoms with Crippen LogP contribution in [0.2, 0.25) is 0 Å². The SMILES string of the molecule is CCOC(=O)CCN(C)C(=O)C(NC(N)=O)C(C)C. The summed E-state index contributed by atoms with van der Waals surface area (Å²) in [4.78, 5) is 35.5. The van der Waals surface area contributed by atoms with Crippen molar-refractivity contribution in [2.75, 3.05) is 20.2 Å². The second-order valence-electron chi connectivity index (χ2n) is 4.55. The standard InChI is InChI=1S/C12H23N3O4/c1-5-19-9(16)6-7-15(4)11(17)10(8(2)3)14-12(13)18/h8,10H,5-7H2,1-4H3,(H3,13,14,18). The Bertz CT molecular complexity index is 331. The Balaban J connectivity index is 4.42. The van der Waals surface area contributed by atoms with Crippen LogP contribution in [0.4, 0.5) is 4.79 Å². The van der Waals surface area contributed by atoms with Gasteiger partial charge in [-0.1, -0.05) is 13.8 Å². The number of primary amides is 1. The molecule has 0 aromatic heterocycles. The van der Waals surface area contributed by atoms with Gasteiger partial charge < -0.3 is 20.7 Å². The first-order chi connectivity index (χ1) is 8.79. The number of carbonyl (C=O) groups is 3. The van der Waals surface area contributed by atoms with Crippen LogP contribution in [0, 0.1) is 5.92 Å². The second-order valence-corrected chi connectivity index (χ2v) is 4.55. The molecule has 0 aliphatic heterocycles. The van der Waals surface area contributed by atoms with E-state index in [-0.39, 0.29) is 30.8 Å². The van der Waals surface area contributed by atoms with E-state index in [0.29, 0.717) is 6.61 Å². The number of nitrogens with one attached hydrogen (secondary N) is 1. The fraction of sp³-hybridized carbons (Fsp3) is 0.750. The molecule has 3 N–H and O–H groups in total. The molecule has 3 amide bonds. The van der Waals surface area contributed by atoms with Gasteiger partial charge >= 0.3 is 12.0 Å². The summed E-state index contributed by atoms with van der Waals surface area (Å²) in [6.07, 6.45) is 0.122. The summed E-state index contributed by atoms with van der Waals surface area (Å²) in [5, 5.41) is 2.40. The monoisotopic (exact) mass is 273 g/mol. The lowest BCUT2D eigenvalue weighted by Gasteiger charge is -2.26. The van der Waals surface area contributed by atoms with Gasteiger partial charge in [0.15, 0.2) is 0 Å². The molecule has 0 aliphatic carbocycles.